The van der Waals surface area contributed by atoms with Crippen LogP contribution in [0.5, 0.6) is 28.7 Å². The molecule has 0 aliphatic carbocycles. The predicted octanol–water partition coefficient (Wildman–Crippen LogP) is -5.59. The Morgan fingerprint density at radius 2 is 1.00 bits per heavy atom. The monoisotopic (exact) mass is 788 g/mol. The summed E-state index contributed by atoms with van der Waals surface area (Å²) < 4.78 is 38.8. The van der Waals surface area contributed by atoms with E-state index in [-0.39, 0.29) is 17.1 Å². The van der Waals surface area contributed by atoms with Gasteiger partial charge in [0.05, 0.1) is 19.8 Å². The molecule has 14 N–H and O–H groups in total. The van der Waals surface area contributed by atoms with Gasteiger partial charge in [0.25, 0.3) is 0 Å². The van der Waals surface area contributed by atoms with E-state index >= 15 is 0 Å². The summed E-state index contributed by atoms with van der Waals surface area (Å²) in [5, 5.41) is 143. The first-order chi connectivity index (χ1) is 26.1. The minimum Gasteiger partial charge on any atom is -0.504 e. The molecule has 3 aromatic rings. The fraction of sp³-hybridized carbons (Fsp3) is 0.545. The van der Waals surface area contributed by atoms with Gasteiger partial charge >= 0.3 is 0 Å². The molecule has 22 nitrogen and oxygen atoms in total. The summed E-state index contributed by atoms with van der Waals surface area (Å²) in [7, 11) is 0. The van der Waals surface area contributed by atoms with Gasteiger partial charge in [0.1, 0.15) is 95.7 Å². The molecule has 0 spiro atoms. The summed E-state index contributed by atoms with van der Waals surface area (Å²) in [5.74, 6) is -3.60. The molecule has 3 aliphatic rings. The van der Waals surface area contributed by atoms with Crippen LogP contribution in [-0.2, 0) is 14.2 Å². The van der Waals surface area contributed by atoms with Gasteiger partial charge in [-0.25, -0.2) is 0 Å². The summed E-state index contributed by atoms with van der Waals surface area (Å²) in [4.78, 5) is 13.8. The molecule has 6 rings (SSSR count). The second-order valence-electron chi connectivity index (χ2n) is 13.0. The quantitative estimate of drug-likeness (QED) is 0.0910. The second kappa shape index (κ2) is 16.3. The van der Waals surface area contributed by atoms with Gasteiger partial charge in [-0.3, -0.25) is 4.79 Å². The Morgan fingerprint density at radius 3 is 1.45 bits per heavy atom. The molecule has 3 aliphatic heterocycles. The standard InChI is InChI=1S/C33H40O22/c34-6-15-19(38)23(42)27(46)31(53-15)49-10-4-13-18(14(5-10)52-33-29(48)25(44)21(40)17(8-36)55-33)22(41)26(45)30(50-13)9-1-2-12(11(37)3-9)51-32-28(47)24(43)20(39)16(7-35)54-32/h1-5,15-17,19-21,23-25,27-29,31-40,42-48H,6-8H2/t15-,16-,17-,19+,20+,21+,23-,24-,25-,27-,28-,29-,31+,32+,33+/m1/s1. The predicted molar refractivity (Wildman–Crippen MR) is 174 cm³/mol. The SMILES string of the molecule is O=c1c(O)c(-c2ccc(O[C@H]3O[C@H](CO)[C@H](O)[C@@H](O)[C@H]3O)c(O)c2)oc2cc(O[C@H]3O[C@H](CO)[C@H](O)[C@@H](O)[C@H]3O)cc(O[C@H]3O[C@H](CO)[C@H](O)[C@@H](O)[C@H]3O)c12. The zero-order valence-electron chi connectivity index (χ0n) is 28.2. The van der Waals surface area contributed by atoms with Crippen molar-refractivity contribution in [2.45, 2.75) is 92.1 Å². The Morgan fingerprint density at radius 1 is 0.545 bits per heavy atom. The summed E-state index contributed by atoms with van der Waals surface area (Å²) in [6, 6.07) is 5.25. The first-order valence-corrected chi connectivity index (χ1v) is 16.7. The van der Waals surface area contributed by atoms with Crippen molar-refractivity contribution in [3.63, 3.8) is 0 Å². The third-order valence-electron chi connectivity index (χ3n) is 9.41. The van der Waals surface area contributed by atoms with E-state index in [0.29, 0.717) is 0 Å². The number of rotatable bonds is 10. The number of aliphatic hydroxyl groups is 12. The Hall–Kier alpha value is -3.95. The third kappa shape index (κ3) is 7.63. The molecule has 15 atom stereocenters. The van der Waals surface area contributed by atoms with Crippen molar-refractivity contribution >= 4 is 11.0 Å². The lowest BCUT2D eigenvalue weighted by molar-refractivity contribution is -0.278. The van der Waals surface area contributed by atoms with Crippen molar-refractivity contribution in [3.8, 4) is 40.1 Å². The smallest absolute Gasteiger partial charge is 0.238 e. The molecular formula is C33H40O22. The molecule has 304 valence electrons. The fourth-order valence-corrected chi connectivity index (χ4v) is 6.24. The molecule has 3 fully saturated rings. The Kier molecular flexibility index (Phi) is 12.0. The molecule has 0 radical (unpaired) electrons. The Labute approximate surface area is 307 Å². The molecular weight excluding hydrogens is 748 g/mol. The molecule has 22 heteroatoms. The van der Waals surface area contributed by atoms with Crippen molar-refractivity contribution < 1.29 is 104 Å². The zero-order chi connectivity index (χ0) is 40.0. The minimum absolute atomic E-state index is 0.160. The number of benzene rings is 2. The van der Waals surface area contributed by atoms with Crippen LogP contribution >= 0.6 is 0 Å². The van der Waals surface area contributed by atoms with Gasteiger partial charge in [-0.2, -0.15) is 0 Å². The van der Waals surface area contributed by atoms with E-state index in [0.717, 1.165) is 24.3 Å². The second-order valence-corrected chi connectivity index (χ2v) is 13.0. The van der Waals surface area contributed by atoms with Gasteiger partial charge in [0.15, 0.2) is 17.3 Å². The summed E-state index contributed by atoms with van der Waals surface area (Å²) in [6.45, 7) is -2.39. The van der Waals surface area contributed by atoms with Crippen LogP contribution in [0, 0.1) is 0 Å². The number of hydrogen-bond donors (Lipinski definition) is 14. The molecule has 1 aromatic heterocycles. The van der Waals surface area contributed by atoms with E-state index in [9.17, 15) is 76.3 Å². The number of phenolic OH excluding ortho intramolecular Hbond substituents is 1. The van der Waals surface area contributed by atoms with Crippen LogP contribution in [0.1, 0.15) is 0 Å². The number of phenols is 1. The van der Waals surface area contributed by atoms with Crippen molar-refractivity contribution in [2.24, 2.45) is 0 Å². The highest BCUT2D eigenvalue weighted by Crippen LogP contribution is 2.41. The van der Waals surface area contributed by atoms with E-state index in [2.05, 4.69) is 0 Å². The van der Waals surface area contributed by atoms with Gasteiger partial charge in [-0.05, 0) is 18.2 Å². The van der Waals surface area contributed by atoms with E-state index in [1.807, 2.05) is 0 Å². The average Bonchev–Trinajstić information content (AvgIpc) is 3.17. The van der Waals surface area contributed by atoms with Gasteiger partial charge in [0, 0.05) is 17.7 Å². The van der Waals surface area contributed by atoms with Crippen molar-refractivity contribution in [3.05, 3.63) is 40.6 Å². The van der Waals surface area contributed by atoms with Crippen LogP contribution in [0.4, 0.5) is 0 Å². The fourth-order valence-electron chi connectivity index (χ4n) is 6.24. The van der Waals surface area contributed by atoms with E-state index in [4.69, 9.17) is 32.8 Å². The van der Waals surface area contributed by atoms with E-state index in [1.165, 1.54) is 6.07 Å². The van der Waals surface area contributed by atoms with Crippen LogP contribution in [0.25, 0.3) is 22.3 Å². The van der Waals surface area contributed by atoms with Crippen LogP contribution in [-0.4, -0.2) is 183 Å². The third-order valence-corrected chi connectivity index (χ3v) is 9.41. The molecule has 2 aromatic carbocycles. The molecule has 55 heavy (non-hydrogen) atoms. The lowest BCUT2D eigenvalue weighted by Crippen LogP contribution is -2.60. The highest BCUT2D eigenvalue weighted by Gasteiger charge is 2.47. The van der Waals surface area contributed by atoms with Gasteiger partial charge < -0.3 is 104 Å². The topological polar surface area (TPSA) is 369 Å². The molecule has 0 amide bonds. The largest absolute Gasteiger partial charge is 0.504 e. The maximum atomic E-state index is 13.8. The molecule has 0 saturated carbocycles. The highest BCUT2D eigenvalue weighted by atomic mass is 16.7. The van der Waals surface area contributed by atoms with Crippen molar-refractivity contribution in [1.82, 2.24) is 0 Å². The summed E-state index contributed by atoms with van der Waals surface area (Å²) >= 11 is 0. The number of ether oxygens (including phenoxy) is 6. The van der Waals surface area contributed by atoms with Gasteiger partial charge in [0.2, 0.25) is 30.0 Å². The number of aromatic hydroxyl groups is 2. The Balaban J connectivity index is 1.39. The molecule has 0 unspecified atom stereocenters. The zero-order valence-corrected chi connectivity index (χ0v) is 28.2. The first kappa shape index (κ1) is 40.7. The number of fused-ring (bicyclic) bond motifs is 1. The summed E-state index contributed by atoms with van der Waals surface area (Å²) in [6.07, 6.45) is -25.9. The highest BCUT2D eigenvalue weighted by molar-refractivity contribution is 5.88. The van der Waals surface area contributed by atoms with Gasteiger partial charge in [-0.15, -0.1) is 0 Å². The minimum atomic E-state index is -1.98. The maximum Gasteiger partial charge on any atom is 0.238 e. The first-order valence-electron chi connectivity index (χ1n) is 16.7. The van der Waals surface area contributed by atoms with Crippen LogP contribution in [0.3, 0.4) is 0 Å². The summed E-state index contributed by atoms with van der Waals surface area (Å²) in [5.41, 5.74) is -1.79. The van der Waals surface area contributed by atoms with Crippen molar-refractivity contribution in [1.29, 1.82) is 0 Å². The number of aliphatic hydroxyl groups excluding tert-OH is 12. The van der Waals surface area contributed by atoms with Crippen molar-refractivity contribution in [2.75, 3.05) is 19.8 Å². The van der Waals surface area contributed by atoms with E-state index < -0.39 is 151 Å². The molecule has 0 bridgehead atoms. The number of hydrogen-bond acceptors (Lipinski definition) is 22. The Bertz CT molecular complexity index is 1870. The maximum absolute atomic E-state index is 13.8. The van der Waals surface area contributed by atoms with Crippen LogP contribution in [0.15, 0.2) is 39.5 Å². The van der Waals surface area contributed by atoms with Crippen LogP contribution < -0.4 is 19.6 Å². The van der Waals surface area contributed by atoms with Gasteiger partial charge in [-0.1, -0.05) is 0 Å². The lowest BCUT2D eigenvalue weighted by Gasteiger charge is -2.40. The van der Waals surface area contributed by atoms with Crippen LogP contribution in [0.2, 0.25) is 0 Å². The van der Waals surface area contributed by atoms with E-state index in [1.54, 1.807) is 0 Å². The lowest BCUT2D eigenvalue weighted by atomic mass is 9.99. The molecule has 3 saturated heterocycles. The average molecular weight is 789 g/mol. The normalized spacial score (nSPS) is 36.8. The molecule has 4 heterocycles.